The van der Waals surface area contributed by atoms with Crippen LogP contribution >= 0.6 is 0 Å². The first-order valence-corrected chi connectivity index (χ1v) is 7.50. The number of imidazole rings is 1. The van der Waals surface area contributed by atoms with E-state index in [0.29, 0.717) is 5.69 Å². The summed E-state index contributed by atoms with van der Waals surface area (Å²) in [6, 6.07) is 7.56. The van der Waals surface area contributed by atoms with Crippen LogP contribution in [0.2, 0.25) is 0 Å². The molecule has 1 fully saturated rings. The van der Waals surface area contributed by atoms with Gasteiger partial charge in [0, 0.05) is 24.5 Å². The normalized spacial score (nSPS) is 14.4. The minimum atomic E-state index is -0.598. The fraction of sp³-hybridized carbons (Fsp3) is 0.333. The molecule has 0 saturated carbocycles. The lowest BCUT2D eigenvalue weighted by Gasteiger charge is -2.28. The highest BCUT2D eigenvalue weighted by atomic mass is 16.6. The van der Waals surface area contributed by atoms with Gasteiger partial charge in [-0.3, -0.25) is 4.79 Å². The molecule has 1 amide bonds. The Morgan fingerprint density at radius 2 is 2.00 bits per heavy atom. The molecule has 0 spiro atoms. The molecule has 2 aromatic rings. The predicted molar refractivity (Wildman–Crippen MR) is 87.0 cm³/mol. The van der Waals surface area contributed by atoms with E-state index in [0.717, 1.165) is 32.0 Å². The van der Waals surface area contributed by atoms with Gasteiger partial charge in [0.25, 0.3) is 0 Å². The van der Waals surface area contributed by atoms with E-state index in [1.807, 2.05) is 24.3 Å². The number of nitrogens with one attached hydrogen (secondary N) is 1. The maximum Gasteiger partial charge on any atom is 0.381 e. The summed E-state index contributed by atoms with van der Waals surface area (Å²) in [5, 5.41) is 13.3. The minimum Gasteiger partial charge on any atom is -0.378 e. The highest BCUT2D eigenvalue weighted by Crippen LogP contribution is 2.19. The number of carbonyl (C=O) groups is 1. The van der Waals surface area contributed by atoms with E-state index in [2.05, 4.69) is 15.2 Å². The molecular formula is C15H17N5O4. The third-order valence-electron chi connectivity index (χ3n) is 3.66. The summed E-state index contributed by atoms with van der Waals surface area (Å²) < 4.78 is 6.69. The molecule has 0 unspecified atom stereocenters. The second-order valence-corrected chi connectivity index (χ2v) is 5.36. The van der Waals surface area contributed by atoms with E-state index in [4.69, 9.17) is 4.74 Å². The zero-order chi connectivity index (χ0) is 16.9. The number of anilines is 2. The molecule has 9 nitrogen and oxygen atoms in total. The van der Waals surface area contributed by atoms with Crippen molar-refractivity contribution in [3.63, 3.8) is 0 Å². The maximum absolute atomic E-state index is 12.0. The molecule has 1 N–H and O–H groups in total. The summed E-state index contributed by atoms with van der Waals surface area (Å²) in [6.45, 7) is 3.10. The van der Waals surface area contributed by atoms with Crippen LogP contribution in [0, 0.1) is 10.1 Å². The number of rotatable bonds is 5. The average molecular weight is 331 g/mol. The van der Waals surface area contributed by atoms with Gasteiger partial charge in [0.05, 0.1) is 13.2 Å². The van der Waals surface area contributed by atoms with Crippen molar-refractivity contribution in [1.82, 2.24) is 9.55 Å². The van der Waals surface area contributed by atoms with Crippen LogP contribution in [0.4, 0.5) is 17.2 Å². The fourth-order valence-electron chi connectivity index (χ4n) is 2.47. The maximum atomic E-state index is 12.0. The largest absolute Gasteiger partial charge is 0.381 e. The Hall–Kier alpha value is -2.94. The van der Waals surface area contributed by atoms with Crippen LogP contribution in [0.15, 0.2) is 36.8 Å². The van der Waals surface area contributed by atoms with Gasteiger partial charge in [-0.2, -0.15) is 0 Å². The lowest BCUT2D eigenvalue weighted by Crippen LogP contribution is -2.36. The summed E-state index contributed by atoms with van der Waals surface area (Å²) in [5.41, 5.74) is 1.76. The number of benzene rings is 1. The number of hydrogen-bond donors (Lipinski definition) is 1. The quantitative estimate of drug-likeness (QED) is 0.654. The molecule has 1 aliphatic heterocycles. The van der Waals surface area contributed by atoms with Gasteiger partial charge in [0.2, 0.25) is 12.2 Å². The standard InChI is InChI=1S/C15H17N5O4/c21-15(10-18-9-14(16-11-18)20(22)23)17-12-1-3-13(4-2-12)19-5-7-24-8-6-19/h1-4,9,11H,5-8,10H2,(H,17,21). The topological polar surface area (TPSA) is 103 Å². The average Bonchev–Trinajstić information content (AvgIpc) is 3.05. The summed E-state index contributed by atoms with van der Waals surface area (Å²) in [6.07, 6.45) is 2.49. The van der Waals surface area contributed by atoms with Gasteiger partial charge >= 0.3 is 5.82 Å². The second-order valence-electron chi connectivity index (χ2n) is 5.36. The summed E-state index contributed by atoms with van der Waals surface area (Å²) in [7, 11) is 0. The van der Waals surface area contributed by atoms with Crippen molar-refractivity contribution in [2.75, 3.05) is 36.5 Å². The van der Waals surface area contributed by atoms with Crippen LogP contribution in [0.5, 0.6) is 0 Å². The van der Waals surface area contributed by atoms with E-state index in [1.54, 1.807) is 0 Å². The number of aromatic nitrogens is 2. The molecular weight excluding hydrogens is 314 g/mol. The second kappa shape index (κ2) is 7.09. The molecule has 0 atom stereocenters. The summed E-state index contributed by atoms with van der Waals surface area (Å²) in [5.74, 6) is -0.556. The Morgan fingerprint density at radius 1 is 1.29 bits per heavy atom. The first-order valence-electron chi connectivity index (χ1n) is 7.50. The number of morpholine rings is 1. The lowest BCUT2D eigenvalue weighted by molar-refractivity contribution is -0.389. The molecule has 1 aliphatic rings. The fourth-order valence-corrected chi connectivity index (χ4v) is 2.47. The Kier molecular flexibility index (Phi) is 4.71. The first-order chi connectivity index (χ1) is 11.6. The van der Waals surface area contributed by atoms with Gasteiger partial charge in [-0.05, 0) is 34.2 Å². The Balaban J connectivity index is 1.56. The minimum absolute atomic E-state index is 0.0357. The zero-order valence-corrected chi connectivity index (χ0v) is 12.9. The summed E-state index contributed by atoms with van der Waals surface area (Å²) >= 11 is 0. The van der Waals surface area contributed by atoms with Gasteiger partial charge in [0.1, 0.15) is 12.7 Å². The molecule has 2 heterocycles. The zero-order valence-electron chi connectivity index (χ0n) is 12.9. The van der Waals surface area contributed by atoms with Gasteiger partial charge in [-0.25, -0.2) is 0 Å². The summed E-state index contributed by atoms with van der Waals surface area (Å²) in [4.78, 5) is 27.8. The van der Waals surface area contributed by atoms with Crippen molar-refractivity contribution < 1.29 is 14.5 Å². The van der Waals surface area contributed by atoms with E-state index < -0.39 is 4.92 Å². The predicted octanol–water partition coefficient (Wildman–Crippen LogP) is 1.27. The number of hydrogen-bond acceptors (Lipinski definition) is 6. The van der Waals surface area contributed by atoms with E-state index >= 15 is 0 Å². The smallest absolute Gasteiger partial charge is 0.378 e. The highest BCUT2D eigenvalue weighted by molar-refractivity contribution is 5.90. The first kappa shape index (κ1) is 15.9. The number of ether oxygens (including phenoxy) is 1. The Morgan fingerprint density at radius 3 is 2.62 bits per heavy atom. The number of amides is 1. The molecule has 24 heavy (non-hydrogen) atoms. The molecule has 0 aliphatic carbocycles. The van der Waals surface area contributed by atoms with Gasteiger partial charge in [-0.1, -0.05) is 0 Å². The van der Waals surface area contributed by atoms with Gasteiger partial charge in [-0.15, -0.1) is 0 Å². The van der Waals surface area contributed by atoms with Crippen molar-refractivity contribution in [1.29, 1.82) is 0 Å². The SMILES string of the molecule is O=C(Cn1cnc([N+](=O)[O-])c1)Nc1ccc(N2CCOCC2)cc1. The monoisotopic (exact) mass is 331 g/mol. The molecule has 9 heteroatoms. The Bertz CT molecular complexity index is 722. The van der Waals surface area contributed by atoms with E-state index in [-0.39, 0.29) is 18.3 Å². The molecule has 1 aromatic carbocycles. The van der Waals surface area contributed by atoms with Crippen molar-refractivity contribution in [2.45, 2.75) is 6.54 Å². The van der Waals surface area contributed by atoms with Crippen LogP contribution in [-0.2, 0) is 16.1 Å². The number of nitro groups is 1. The van der Waals surface area contributed by atoms with Crippen molar-refractivity contribution >= 4 is 23.1 Å². The van der Waals surface area contributed by atoms with E-state index in [9.17, 15) is 14.9 Å². The third-order valence-corrected chi connectivity index (χ3v) is 3.66. The van der Waals surface area contributed by atoms with Crippen LogP contribution in [-0.4, -0.2) is 46.7 Å². The van der Waals surface area contributed by atoms with Crippen LogP contribution in [0.3, 0.4) is 0 Å². The number of nitrogens with zero attached hydrogens (tertiary/aromatic N) is 4. The molecule has 1 aromatic heterocycles. The molecule has 0 bridgehead atoms. The van der Waals surface area contributed by atoms with Crippen LogP contribution < -0.4 is 10.2 Å². The highest BCUT2D eigenvalue weighted by Gasteiger charge is 2.13. The molecule has 1 saturated heterocycles. The van der Waals surface area contributed by atoms with Gasteiger partial charge < -0.3 is 29.6 Å². The van der Waals surface area contributed by atoms with Crippen LogP contribution in [0.25, 0.3) is 0 Å². The van der Waals surface area contributed by atoms with Crippen molar-refractivity contribution in [2.24, 2.45) is 0 Å². The van der Waals surface area contributed by atoms with Crippen molar-refractivity contribution in [3.05, 3.63) is 46.9 Å². The molecule has 0 radical (unpaired) electrons. The third kappa shape index (κ3) is 3.87. The lowest BCUT2D eigenvalue weighted by atomic mass is 10.2. The molecule has 126 valence electrons. The van der Waals surface area contributed by atoms with Crippen molar-refractivity contribution in [3.8, 4) is 0 Å². The number of carbonyl (C=O) groups excluding carboxylic acids is 1. The van der Waals surface area contributed by atoms with E-state index in [1.165, 1.54) is 17.1 Å². The Labute approximate surface area is 138 Å². The molecule has 3 rings (SSSR count). The van der Waals surface area contributed by atoms with Crippen LogP contribution in [0.1, 0.15) is 0 Å². The van der Waals surface area contributed by atoms with Gasteiger partial charge in [0.15, 0.2) is 0 Å².